The normalized spacial score (nSPS) is 13.4. The number of carbonyl (C=O) groups excluding carboxylic acids is 2. The predicted octanol–water partition coefficient (Wildman–Crippen LogP) is 5.08. The number of fused-ring (bicyclic) bond motifs is 1. The first-order valence-electron chi connectivity index (χ1n) is 11.7. The molecule has 1 aromatic heterocycles. The van der Waals surface area contributed by atoms with Crippen molar-refractivity contribution in [2.75, 3.05) is 41.7 Å². The number of urea groups is 1. The van der Waals surface area contributed by atoms with E-state index in [1.165, 1.54) is 30.3 Å². The van der Waals surface area contributed by atoms with Crippen molar-refractivity contribution in [1.29, 1.82) is 0 Å². The molecule has 11 heteroatoms. The molecule has 1 fully saturated rings. The summed E-state index contributed by atoms with van der Waals surface area (Å²) in [5.41, 5.74) is -0.385. The second kappa shape index (κ2) is 10.5. The third-order valence-corrected chi connectivity index (χ3v) is 6.14. The summed E-state index contributed by atoms with van der Waals surface area (Å²) >= 11 is 0. The van der Waals surface area contributed by atoms with Crippen molar-refractivity contribution in [2.45, 2.75) is 0 Å². The molecule has 0 bridgehead atoms. The van der Waals surface area contributed by atoms with Crippen LogP contribution in [0.25, 0.3) is 10.9 Å². The number of nitrogens with zero attached hydrogens (tertiary/aromatic N) is 2. The zero-order valence-electron chi connectivity index (χ0n) is 19.8. The summed E-state index contributed by atoms with van der Waals surface area (Å²) in [6, 6.07) is 10.3. The number of rotatable bonds is 5. The summed E-state index contributed by atoms with van der Waals surface area (Å²) < 4.78 is 57.4. The molecule has 1 aliphatic heterocycles. The van der Waals surface area contributed by atoms with E-state index in [1.807, 2.05) is 6.07 Å². The van der Waals surface area contributed by atoms with Gasteiger partial charge in [-0.3, -0.25) is 9.78 Å². The number of piperazine rings is 1. The maximum atomic E-state index is 15.3. The third kappa shape index (κ3) is 5.14. The quantitative estimate of drug-likeness (QED) is 0.193. The first kappa shape index (κ1) is 25.2. The molecule has 5 rings (SSSR count). The van der Waals surface area contributed by atoms with Gasteiger partial charge in [0.2, 0.25) is 0 Å². The van der Waals surface area contributed by atoms with Crippen LogP contribution in [0.3, 0.4) is 0 Å². The number of benzene rings is 3. The first-order chi connectivity index (χ1) is 18.3. The van der Waals surface area contributed by atoms with Crippen molar-refractivity contribution in [3.05, 3.63) is 95.2 Å². The van der Waals surface area contributed by atoms with Gasteiger partial charge in [0.25, 0.3) is 0 Å². The largest absolute Gasteiger partial charge is 0.368 e. The highest BCUT2D eigenvalue weighted by Crippen LogP contribution is 2.28. The monoisotopic (exact) mass is 523 g/mol. The molecule has 0 unspecified atom stereocenters. The number of aromatic nitrogens is 1. The van der Waals surface area contributed by atoms with Gasteiger partial charge in [0.15, 0.2) is 23.2 Å². The summed E-state index contributed by atoms with van der Waals surface area (Å²) in [4.78, 5) is 32.0. The Hall–Kier alpha value is -4.51. The number of pyridine rings is 1. The van der Waals surface area contributed by atoms with Crippen LogP contribution < -0.4 is 20.9 Å². The van der Waals surface area contributed by atoms with E-state index >= 15 is 4.39 Å². The fourth-order valence-electron chi connectivity index (χ4n) is 4.21. The van der Waals surface area contributed by atoms with Crippen molar-refractivity contribution >= 4 is 39.8 Å². The van der Waals surface area contributed by atoms with Crippen LogP contribution in [0.1, 0.15) is 15.9 Å². The lowest BCUT2D eigenvalue weighted by atomic mass is 9.99. The van der Waals surface area contributed by atoms with Crippen LogP contribution >= 0.6 is 0 Å². The summed E-state index contributed by atoms with van der Waals surface area (Å²) in [5, 5.41) is 8.20. The number of hydrogen-bond donors (Lipinski definition) is 3. The molecule has 3 aromatic carbocycles. The summed E-state index contributed by atoms with van der Waals surface area (Å²) in [6.45, 7) is 3.17. The highest BCUT2D eigenvalue weighted by Gasteiger charge is 2.26. The van der Waals surface area contributed by atoms with Gasteiger partial charge in [-0.25, -0.2) is 22.4 Å². The second-order valence-corrected chi connectivity index (χ2v) is 8.66. The first-order valence-corrected chi connectivity index (χ1v) is 11.7. The highest BCUT2D eigenvalue weighted by molar-refractivity contribution is 6.12. The molecule has 0 atom stereocenters. The molecule has 3 N–H and O–H groups in total. The fourth-order valence-corrected chi connectivity index (χ4v) is 4.21. The lowest BCUT2D eigenvalue weighted by Gasteiger charge is -2.29. The lowest BCUT2D eigenvalue weighted by molar-refractivity contribution is 0.103. The average Bonchev–Trinajstić information content (AvgIpc) is 2.93. The molecule has 1 aliphatic rings. The smallest absolute Gasteiger partial charge is 0.323 e. The molecule has 7 nitrogen and oxygen atoms in total. The average molecular weight is 523 g/mol. The van der Waals surface area contributed by atoms with E-state index in [0.717, 1.165) is 44.0 Å². The molecule has 38 heavy (non-hydrogen) atoms. The molecule has 0 spiro atoms. The van der Waals surface area contributed by atoms with Gasteiger partial charge in [0.05, 0.1) is 28.7 Å². The van der Waals surface area contributed by atoms with Crippen LogP contribution in [0.4, 0.5) is 39.4 Å². The Morgan fingerprint density at radius 1 is 0.868 bits per heavy atom. The Labute approximate surface area is 214 Å². The van der Waals surface area contributed by atoms with E-state index in [9.17, 15) is 22.8 Å². The number of hydrogen-bond acceptors (Lipinski definition) is 5. The van der Waals surface area contributed by atoms with Crippen LogP contribution in [0.5, 0.6) is 0 Å². The molecule has 1 saturated heterocycles. The number of carbonyl (C=O) groups is 2. The molecule has 0 aliphatic carbocycles. The number of nitrogens with one attached hydrogen (secondary N) is 3. The van der Waals surface area contributed by atoms with Gasteiger partial charge in [0, 0.05) is 48.9 Å². The standard InChI is InChI=1S/C27H21F4N5O2/c28-17-2-4-18(5-3-17)34-27(38)35-22-13-20(29)24(30)23(25(22)31)26(37)15-1-6-21-16(11-15)12-19(14-33-21)36-9-7-32-8-10-36/h1-6,11-14,32H,7-10H2,(H2,34,35,38). The van der Waals surface area contributed by atoms with E-state index < -0.39 is 46.3 Å². The molecule has 0 radical (unpaired) electrons. The van der Waals surface area contributed by atoms with Gasteiger partial charge in [-0.15, -0.1) is 0 Å². The zero-order chi connectivity index (χ0) is 26.8. The van der Waals surface area contributed by atoms with Crippen LogP contribution in [0.15, 0.2) is 60.8 Å². The number of anilines is 3. The number of ketones is 1. The van der Waals surface area contributed by atoms with Gasteiger partial charge in [0.1, 0.15) is 5.82 Å². The minimum absolute atomic E-state index is 0.0816. The molecule has 0 saturated carbocycles. The van der Waals surface area contributed by atoms with Crippen molar-refractivity contribution in [3.8, 4) is 0 Å². The van der Waals surface area contributed by atoms with E-state index in [0.29, 0.717) is 17.0 Å². The maximum Gasteiger partial charge on any atom is 0.323 e. The summed E-state index contributed by atoms with van der Waals surface area (Å²) in [5.74, 6) is -6.26. The lowest BCUT2D eigenvalue weighted by Crippen LogP contribution is -2.43. The molecule has 2 amide bonds. The minimum atomic E-state index is -1.68. The molecule has 2 heterocycles. The topological polar surface area (TPSA) is 86.4 Å². The SMILES string of the molecule is O=C(Nc1ccc(F)cc1)Nc1cc(F)c(F)c(C(=O)c2ccc3ncc(N4CCNCC4)cc3c2)c1F. The van der Waals surface area contributed by atoms with Crippen molar-refractivity contribution < 1.29 is 27.2 Å². The third-order valence-electron chi connectivity index (χ3n) is 6.14. The van der Waals surface area contributed by atoms with Crippen LogP contribution in [0, 0.1) is 23.3 Å². The maximum absolute atomic E-state index is 15.3. The molecule has 194 valence electrons. The van der Waals surface area contributed by atoms with Gasteiger partial charge < -0.3 is 20.9 Å². The van der Waals surface area contributed by atoms with E-state index in [-0.39, 0.29) is 11.3 Å². The molecular weight excluding hydrogens is 502 g/mol. The van der Waals surface area contributed by atoms with Gasteiger partial charge in [-0.2, -0.15) is 0 Å². The van der Waals surface area contributed by atoms with Gasteiger partial charge in [-0.1, -0.05) is 0 Å². The number of halogens is 4. The minimum Gasteiger partial charge on any atom is -0.368 e. The second-order valence-electron chi connectivity index (χ2n) is 8.66. The van der Waals surface area contributed by atoms with E-state index in [2.05, 4.69) is 25.8 Å². The van der Waals surface area contributed by atoms with Gasteiger partial charge in [-0.05, 0) is 48.5 Å². The van der Waals surface area contributed by atoms with Crippen LogP contribution in [-0.2, 0) is 0 Å². The number of amides is 2. The van der Waals surface area contributed by atoms with Crippen LogP contribution in [-0.4, -0.2) is 43.0 Å². The summed E-state index contributed by atoms with van der Waals surface area (Å²) in [6.07, 6.45) is 1.72. The molecular formula is C27H21F4N5O2. The molecule has 4 aromatic rings. The zero-order valence-corrected chi connectivity index (χ0v) is 19.8. The van der Waals surface area contributed by atoms with Crippen molar-refractivity contribution in [2.24, 2.45) is 0 Å². The highest BCUT2D eigenvalue weighted by atomic mass is 19.2. The Bertz CT molecular complexity index is 1540. The van der Waals surface area contributed by atoms with E-state index in [1.54, 1.807) is 6.20 Å². The fraction of sp³-hybridized carbons (Fsp3) is 0.148. The Balaban J connectivity index is 1.44. The Morgan fingerprint density at radius 3 is 2.34 bits per heavy atom. The van der Waals surface area contributed by atoms with Gasteiger partial charge >= 0.3 is 6.03 Å². The van der Waals surface area contributed by atoms with Crippen molar-refractivity contribution in [3.63, 3.8) is 0 Å². The summed E-state index contributed by atoms with van der Waals surface area (Å²) in [7, 11) is 0. The van der Waals surface area contributed by atoms with Crippen molar-refractivity contribution in [1.82, 2.24) is 10.3 Å². The van der Waals surface area contributed by atoms with Crippen LogP contribution in [0.2, 0.25) is 0 Å². The Kier molecular flexibility index (Phi) is 6.93. The Morgan fingerprint density at radius 2 is 1.61 bits per heavy atom. The predicted molar refractivity (Wildman–Crippen MR) is 136 cm³/mol. The van der Waals surface area contributed by atoms with E-state index in [4.69, 9.17) is 0 Å².